The van der Waals surface area contributed by atoms with Crippen molar-refractivity contribution < 1.29 is 0 Å². The summed E-state index contributed by atoms with van der Waals surface area (Å²) in [5, 5.41) is 3.30. The molecule has 0 aliphatic rings. The van der Waals surface area contributed by atoms with Gasteiger partial charge in [-0.3, -0.25) is 4.98 Å². The SMILES string of the molecule is CCNc1ccnc(CSc2ccc(Br)cc2)c1. The molecule has 0 aliphatic carbocycles. The fourth-order valence-electron chi connectivity index (χ4n) is 1.56. The van der Waals surface area contributed by atoms with Gasteiger partial charge in [-0.1, -0.05) is 15.9 Å². The van der Waals surface area contributed by atoms with E-state index >= 15 is 0 Å². The maximum absolute atomic E-state index is 4.38. The summed E-state index contributed by atoms with van der Waals surface area (Å²) in [6, 6.07) is 12.5. The number of anilines is 1. The van der Waals surface area contributed by atoms with Crippen LogP contribution in [0.3, 0.4) is 0 Å². The van der Waals surface area contributed by atoms with Crippen LogP contribution in [0.15, 0.2) is 52.0 Å². The van der Waals surface area contributed by atoms with Crippen LogP contribution in [-0.2, 0) is 5.75 Å². The molecule has 1 heterocycles. The van der Waals surface area contributed by atoms with E-state index in [0.717, 1.165) is 28.2 Å². The zero-order valence-electron chi connectivity index (χ0n) is 10.2. The Morgan fingerprint density at radius 3 is 2.72 bits per heavy atom. The van der Waals surface area contributed by atoms with E-state index in [9.17, 15) is 0 Å². The molecule has 0 spiro atoms. The fourth-order valence-corrected chi connectivity index (χ4v) is 2.62. The molecule has 0 atom stereocenters. The number of nitrogens with zero attached hydrogens (tertiary/aromatic N) is 1. The van der Waals surface area contributed by atoms with Crippen LogP contribution in [0.2, 0.25) is 0 Å². The lowest BCUT2D eigenvalue weighted by Gasteiger charge is -2.05. The van der Waals surface area contributed by atoms with E-state index in [2.05, 4.69) is 63.5 Å². The van der Waals surface area contributed by atoms with Gasteiger partial charge >= 0.3 is 0 Å². The van der Waals surface area contributed by atoms with E-state index in [1.54, 1.807) is 11.8 Å². The minimum absolute atomic E-state index is 0.890. The highest BCUT2D eigenvalue weighted by Gasteiger charge is 1.99. The molecule has 0 amide bonds. The van der Waals surface area contributed by atoms with E-state index in [1.807, 2.05) is 12.3 Å². The Kier molecular flexibility index (Phi) is 5.08. The molecule has 2 aromatic rings. The Hall–Kier alpha value is -1.00. The molecule has 1 aromatic carbocycles. The molecule has 0 saturated carbocycles. The van der Waals surface area contributed by atoms with Crippen LogP contribution in [0.4, 0.5) is 5.69 Å². The Morgan fingerprint density at radius 2 is 2.00 bits per heavy atom. The quantitative estimate of drug-likeness (QED) is 0.816. The number of rotatable bonds is 5. The van der Waals surface area contributed by atoms with E-state index in [0.29, 0.717) is 0 Å². The van der Waals surface area contributed by atoms with Crippen LogP contribution in [0.5, 0.6) is 0 Å². The summed E-state index contributed by atoms with van der Waals surface area (Å²) < 4.78 is 1.11. The second-order valence-electron chi connectivity index (χ2n) is 3.81. The van der Waals surface area contributed by atoms with Crippen molar-refractivity contribution in [2.75, 3.05) is 11.9 Å². The van der Waals surface area contributed by atoms with Gasteiger partial charge in [0.1, 0.15) is 0 Å². The van der Waals surface area contributed by atoms with Crippen LogP contribution in [-0.4, -0.2) is 11.5 Å². The standard InChI is InChI=1S/C14H15BrN2S/c1-2-16-12-7-8-17-13(9-12)10-18-14-5-3-11(15)4-6-14/h3-9H,2,10H2,1H3,(H,16,17). The normalized spacial score (nSPS) is 10.3. The van der Waals surface area contributed by atoms with Crippen molar-refractivity contribution in [3.8, 4) is 0 Å². The molecule has 18 heavy (non-hydrogen) atoms. The van der Waals surface area contributed by atoms with Crippen molar-refractivity contribution in [2.45, 2.75) is 17.6 Å². The van der Waals surface area contributed by atoms with Gasteiger partial charge in [-0.2, -0.15) is 0 Å². The molecule has 0 fully saturated rings. The smallest absolute Gasteiger partial charge is 0.0526 e. The van der Waals surface area contributed by atoms with E-state index < -0.39 is 0 Å². The summed E-state index contributed by atoms with van der Waals surface area (Å²) in [5.74, 6) is 0.890. The number of hydrogen-bond acceptors (Lipinski definition) is 3. The second kappa shape index (κ2) is 6.81. The third kappa shape index (κ3) is 4.03. The molecule has 0 saturated heterocycles. The van der Waals surface area contributed by atoms with Crippen molar-refractivity contribution in [2.24, 2.45) is 0 Å². The summed E-state index contributed by atoms with van der Waals surface area (Å²) in [5.41, 5.74) is 2.24. The zero-order valence-corrected chi connectivity index (χ0v) is 12.6. The van der Waals surface area contributed by atoms with Crippen molar-refractivity contribution in [1.82, 2.24) is 4.98 Å². The second-order valence-corrected chi connectivity index (χ2v) is 5.77. The highest BCUT2D eigenvalue weighted by molar-refractivity contribution is 9.10. The van der Waals surface area contributed by atoms with Gasteiger partial charge in [0.25, 0.3) is 0 Å². The van der Waals surface area contributed by atoms with Gasteiger partial charge in [0.15, 0.2) is 0 Å². The van der Waals surface area contributed by atoms with E-state index in [1.165, 1.54) is 4.90 Å². The number of thioether (sulfide) groups is 1. The first-order valence-corrected chi connectivity index (χ1v) is 7.63. The molecule has 0 unspecified atom stereocenters. The molecular weight excluding hydrogens is 308 g/mol. The van der Waals surface area contributed by atoms with E-state index in [4.69, 9.17) is 0 Å². The van der Waals surface area contributed by atoms with Crippen LogP contribution >= 0.6 is 27.7 Å². The van der Waals surface area contributed by atoms with Crippen molar-refractivity contribution >= 4 is 33.4 Å². The first kappa shape index (κ1) is 13.4. The van der Waals surface area contributed by atoms with Gasteiger partial charge in [0.2, 0.25) is 0 Å². The van der Waals surface area contributed by atoms with Gasteiger partial charge in [-0.15, -0.1) is 11.8 Å². The largest absolute Gasteiger partial charge is 0.385 e. The lowest BCUT2D eigenvalue weighted by Crippen LogP contribution is -1.97. The lowest BCUT2D eigenvalue weighted by molar-refractivity contribution is 1.15. The first-order chi connectivity index (χ1) is 8.78. The highest BCUT2D eigenvalue weighted by Crippen LogP contribution is 2.24. The lowest BCUT2D eigenvalue weighted by atomic mass is 10.3. The van der Waals surface area contributed by atoms with Gasteiger partial charge in [0, 0.05) is 33.6 Å². The zero-order chi connectivity index (χ0) is 12.8. The Morgan fingerprint density at radius 1 is 1.22 bits per heavy atom. The minimum Gasteiger partial charge on any atom is -0.385 e. The third-order valence-corrected chi connectivity index (χ3v) is 3.97. The molecule has 2 rings (SSSR count). The van der Waals surface area contributed by atoms with Crippen molar-refractivity contribution in [3.05, 3.63) is 52.8 Å². The summed E-state index contributed by atoms with van der Waals surface area (Å²) >= 11 is 5.24. The molecule has 0 radical (unpaired) electrons. The summed E-state index contributed by atoms with van der Waals surface area (Å²) in [4.78, 5) is 5.64. The molecule has 94 valence electrons. The summed E-state index contributed by atoms with van der Waals surface area (Å²) in [7, 11) is 0. The van der Waals surface area contributed by atoms with Gasteiger partial charge in [0.05, 0.1) is 5.69 Å². The summed E-state index contributed by atoms with van der Waals surface area (Å²) in [6.07, 6.45) is 1.86. The predicted octanol–water partition coefficient (Wildman–Crippen LogP) is 4.57. The molecular formula is C14H15BrN2S. The van der Waals surface area contributed by atoms with Crippen LogP contribution < -0.4 is 5.32 Å². The highest BCUT2D eigenvalue weighted by atomic mass is 79.9. The number of benzene rings is 1. The fraction of sp³-hybridized carbons (Fsp3) is 0.214. The Bertz CT molecular complexity index is 499. The average Bonchev–Trinajstić information content (AvgIpc) is 2.39. The Balaban J connectivity index is 1.97. The van der Waals surface area contributed by atoms with Crippen LogP contribution in [0.25, 0.3) is 0 Å². The van der Waals surface area contributed by atoms with Crippen molar-refractivity contribution in [3.63, 3.8) is 0 Å². The third-order valence-electron chi connectivity index (χ3n) is 2.40. The number of halogens is 1. The number of hydrogen-bond donors (Lipinski definition) is 1. The number of aromatic nitrogens is 1. The maximum Gasteiger partial charge on any atom is 0.0526 e. The van der Waals surface area contributed by atoms with Crippen molar-refractivity contribution in [1.29, 1.82) is 0 Å². The molecule has 4 heteroatoms. The number of pyridine rings is 1. The maximum atomic E-state index is 4.38. The van der Waals surface area contributed by atoms with E-state index in [-0.39, 0.29) is 0 Å². The van der Waals surface area contributed by atoms with Crippen LogP contribution in [0.1, 0.15) is 12.6 Å². The molecule has 1 aromatic heterocycles. The Labute approximate surface area is 120 Å². The molecule has 1 N–H and O–H groups in total. The average molecular weight is 323 g/mol. The van der Waals surface area contributed by atoms with Gasteiger partial charge in [-0.05, 0) is 43.3 Å². The summed E-state index contributed by atoms with van der Waals surface area (Å²) in [6.45, 7) is 3.03. The first-order valence-electron chi connectivity index (χ1n) is 5.85. The molecule has 0 bridgehead atoms. The van der Waals surface area contributed by atoms with Gasteiger partial charge < -0.3 is 5.32 Å². The van der Waals surface area contributed by atoms with Crippen LogP contribution in [0, 0.1) is 0 Å². The molecule has 2 nitrogen and oxygen atoms in total. The number of nitrogens with one attached hydrogen (secondary N) is 1. The predicted molar refractivity (Wildman–Crippen MR) is 82.1 cm³/mol. The van der Waals surface area contributed by atoms with Gasteiger partial charge in [-0.25, -0.2) is 0 Å². The monoisotopic (exact) mass is 322 g/mol. The topological polar surface area (TPSA) is 24.9 Å². The minimum atomic E-state index is 0.890. The molecule has 0 aliphatic heterocycles.